The molecular weight excluding hydrogens is 354 g/mol. The van der Waals surface area contributed by atoms with Crippen molar-refractivity contribution in [3.8, 4) is 0 Å². The Morgan fingerprint density at radius 2 is 2.08 bits per heavy atom. The highest BCUT2D eigenvalue weighted by molar-refractivity contribution is 7.17. The van der Waals surface area contributed by atoms with Crippen LogP contribution in [-0.4, -0.2) is 15.3 Å². The van der Waals surface area contributed by atoms with Gasteiger partial charge in [-0.3, -0.25) is 9.20 Å². The van der Waals surface area contributed by atoms with Gasteiger partial charge in [-0.1, -0.05) is 30.7 Å². The molecule has 2 aromatic heterocycles. The molecule has 130 valence electrons. The van der Waals surface area contributed by atoms with Crippen molar-refractivity contribution in [2.45, 2.75) is 33.2 Å². The number of halogens is 1. The minimum atomic E-state index is -0.122. The summed E-state index contributed by atoms with van der Waals surface area (Å²) in [4.78, 5) is 19.0. The van der Waals surface area contributed by atoms with Gasteiger partial charge in [0.2, 0.25) is 5.91 Å². The third kappa shape index (κ3) is 3.94. The quantitative estimate of drug-likeness (QED) is 0.643. The Kier molecular flexibility index (Phi) is 5.25. The summed E-state index contributed by atoms with van der Waals surface area (Å²) in [5.41, 5.74) is 2.90. The van der Waals surface area contributed by atoms with Gasteiger partial charge in [0.15, 0.2) is 4.96 Å². The average molecular weight is 374 g/mol. The number of nitrogens with zero attached hydrogens (tertiary/aromatic N) is 2. The van der Waals surface area contributed by atoms with Crippen LogP contribution >= 0.6 is 22.9 Å². The molecule has 0 fully saturated rings. The molecule has 0 radical (unpaired) electrons. The molecule has 25 heavy (non-hydrogen) atoms. The molecule has 1 N–H and O–H groups in total. The van der Waals surface area contributed by atoms with E-state index in [0.29, 0.717) is 5.02 Å². The molecule has 1 unspecified atom stereocenters. The van der Waals surface area contributed by atoms with Crippen LogP contribution in [0.5, 0.6) is 0 Å². The van der Waals surface area contributed by atoms with Gasteiger partial charge in [-0.25, -0.2) is 4.98 Å². The van der Waals surface area contributed by atoms with Gasteiger partial charge >= 0.3 is 0 Å². The largest absolute Gasteiger partial charge is 0.346 e. The fourth-order valence-electron chi connectivity index (χ4n) is 2.77. The number of carbonyl (C=O) groups is 1. The Bertz CT molecular complexity index is 924. The fourth-order valence-corrected chi connectivity index (χ4v) is 3.78. The maximum absolute atomic E-state index is 12.3. The summed E-state index contributed by atoms with van der Waals surface area (Å²) in [6, 6.07) is 7.53. The van der Waals surface area contributed by atoms with Gasteiger partial charge in [0.05, 0.1) is 17.4 Å². The van der Waals surface area contributed by atoms with Crippen LogP contribution in [0.4, 0.5) is 0 Å². The highest BCUT2D eigenvalue weighted by atomic mass is 35.5. The van der Waals surface area contributed by atoms with Crippen LogP contribution < -0.4 is 5.32 Å². The molecule has 0 aliphatic carbocycles. The first-order valence-electron chi connectivity index (χ1n) is 8.17. The summed E-state index contributed by atoms with van der Waals surface area (Å²) in [6.07, 6.45) is 6.24. The first kappa shape index (κ1) is 17.7. The number of benzene rings is 1. The van der Waals surface area contributed by atoms with Crippen LogP contribution in [0.25, 0.3) is 11.0 Å². The Morgan fingerprint density at radius 3 is 2.76 bits per heavy atom. The average Bonchev–Trinajstić information content (AvgIpc) is 3.06. The number of thiazole rings is 1. The summed E-state index contributed by atoms with van der Waals surface area (Å²) < 4.78 is 2.02. The molecule has 1 atom stereocenters. The van der Waals surface area contributed by atoms with Crippen LogP contribution in [0.2, 0.25) is 5.02 Å². The molecule has 0 saturated heterocycles. The number of hydrogen-bond acceptors (Lipinski definition) is 3. The normalized spacial score (nSPS) is 12.8. The molecule has 4 nitrogen and oxygen atoms in total. The standard InChI is InChI=1S/C19H20ClN3OS/c1-4-16(14-5-7-15(20)8-6-14)22-18(24)10-9-17-13(3)21-19-23(17)11-12(2)25-19/h5-11,16H,4H2,1-3H3,(H,22,24)/b10-9+. The van der Waals surface area contributed by atoms with Gasteiger partial charge < -0.3 is 5.32 Å². The van der Waals surface area contributed by atoms with E-state index in [0.717, 1.165) is 28.3 Å². The molecule has 0 aliphatic rings. The highest BCUT2D eigenvalue weighted by Crippen LogP contribution is 2.22. The zero-order valence-corrected chi connectivity index (χ0v) is 16.0. The Morgan fingerprint density at radius 1 is 1.36 bits per heavy atom. The van der Waals surface area contributed by atoms with Gasteiger partial charge in [0.25, 0.3) is 0 Å². The molecule has 1 amide bonds. The minimum Gasteiger partial charge on any atom is -0.346 e. The number of aryl methyl sites for hydroxylation is 2. The van der Waals surface area contributed by atoms with E-state index < -0.39 is 0 Å². The number of fused-ring (bicyclic) bond motifs is 1. The molecule has 0 bridgehead atoms. The second kappa shape index (κ2) is 7.42. The fraction of sp³-hybridized carbons (Fsp3) is 0.263. The summed E-state index contributed by atoms with van der Waals surface area (Å²) in [7, 11) is 0. The van der Waals surface area contributed by atoms with E-state index in [-0.39, 0.29) is 11.9 Å². The lowest BCUT2D eigenvalue weighted by molar-refractivity contribution is -0.117. The van der Waals surface area contributed by atoms with Crippen LogP contribution in [0.15, 0.2) is 36.5 Å². The lowest BCUT2D eigenvalue weighted by Crippen LogP contribution is -2.26. The van der Waals surface area contributed by atoms with Gasteiger partial charge in [0.1, 0.15) is 0 Å². The first-order chi connectivity index (χ1) is 12.0. The molecule has 2 heterocycles. The SMILES string of the molecule is CCC(NC(=O)/C=C/c1c(C)nc2sc(C)cn12)c1ccc(Cl)cc1. The van der Waals surface area contributed by atoms with E-state index in [1.54, 1.807) is 17.4 Å². The lowest BCUT2D eigenvalue weighted by atomic mass is 10.0. The third-order valence-electron chi connectivity index (χ3n) is 4.05. The summed E-state index contributed by atoms with van der Waals surface area (Å²) in [6.45, 7) is 6.05. The second-order valence-corrected chi connectivity index (χ2v) is 7.58. The molecule has 3 aromatic rings. The van der Waals surface area contributed by atoms with E-state index in [4.69, 9.17) is 11.6 Å². The predicted molar refractivity (Wildman–Crippen MR) is 104 cm³/mol. The number of hydrogen-bond donors (Lipinski definition) is 1. The summed E-state index contributed by atoms with van der Waals surface area (Å²) in [5, 5.41) is 3.73. The molecule has 6 heteroatoms. The van der Waals surface area contributed by atoms with Crippen molar-refractivity contribution in [3.63, 3.8) is 0 Å². The molecule has 0 aliphatic heterocycles. The number of carbonyl (C=O) groups excluding carboxylic acids is 1. The molecule has 3 rings (SSSR count). The highest BCUT2D eigenvalue weighted by Gasteiger charge is 2.12. The zero-order chi connectivity index (χ0) is 18.0. The van der Waals surface area contributed by atoms with Crippen molar-refractivity contribution in [2.75, 3.05) is 0 Å². The van der Waals surface area contributed by atoms with Crippen LogP contribution in [-0.2, 0) is 4.79 Å². The first-order valence-corrected chi connectivity index (χ1v) is 9.36. The lowest BCUT2D eigenvalue weighted by Gasteiger charge is -2.16. The van der Waals surface area contributed by atoms with Crippen LogP contribution in [0, 0.1) is 13.8 Å². The van der Waals surface area contributed by atoms with Crippen molar-refractivity contribution >= 4 is 39.9 Å². The number of aromatic nitrogens is 2. The maximum atomic E-state index is 12.3. The van der Waals surface area contributed by atoms with Gasteiger partial charge in [-0.2, -0.15) is 0 Å². The monoisotopic (exact) mass is 373 g/mol. The topological polar surface area (TPSA) is 46.4 Å². The maximum Gasteiger partial charge on any atom is 0.244 e. The molecule has 0 spiro atoms. The van der Waals surface area contributed by atoms with E-state index in [1.807, 2.05) is 61.7 Å². The number of nitrogens with one attached hydrogen (secondary N) is 1. The smallest absolute Gasteiger partial charge is 0.244 e. The Balaban J connectivity index is 1.75. The van der Waals surface area contributed by atoms with Gasteiger partial charge in [0, 0.05) is 22.2 Å². The van der Waals surface area contributed by atoms with E-state index in [2.05, 4.69) is 10.3 Å². The molecular formula is C19H20ClN3OS. The van der Waals surface area contributed by atoms with Crippen LogP contribution in [0.1, 0.15) is 41.2 Å². The van der Waals surface area contributed by atoms with Crippen LogP contribution in [0.3, 0.4) is 0 Å². The van der Waals surface area contributed by atoms with Crippen molar-refractivity contribution in [3.05, 3.63) is 63.4 Å². The molecule has 1 aromatic carbocycles. The van der Waals surface area contributed by atoms with Gasteiger partial charge in [-0.05, 0) is 44.0 Å². The van der Waals surface area contributed by atoms with Crippen molar-refractivity contribution in [2.24, 2.45) is 0 Å². The van der Waals surface area contributed by atoms with Gasteiger partial charge in [-0.15, -0.1) is 11.3 Å². The van der Waals surface area contributed by atoms with Crippen molar-refractivity contribution in [1.82, 2.24) is 14.7 Å². The minimum absolute atomic E-state index is 0.0376. The Labute approximate surface area is 156 Å². The predicted octanol–water partition coefficient (Wildman–Crippen LogP) is 4.95. The van der Waals surface area contributed by atoms with E-state index in [1.165, 1.54) is 4.88 Å². The number of amides is 1. The number of rotatable bonds is 5. The zero-order valence-electron chi connectivity index (χ0n) is 14.4. The second-order valence-electron chi connectivity index (χ2n) is 5.93. The third-order valence-corrected chi connectivity index (χ3v) is 5.20. The van der Waals surface area contributed by atoms with E-state index >= 15 is 0 Å². The van der Waals surface area contributed by atoms with E-state index in [9.17, 15) is 4.79 Å². The summed E-state index contributed by atoms with van der Waals surface area (Å²) in [5.74, 6) is -0.122. The summed E-state index contributed by atoms with van der Waals surface area (Å²) >= 11 is 7.57. The van der Waals surface area contributed by atoms with Crippen molar-refractivity contribution < 1.29 is 4.79 Å². The molecule has 0 saturated carbocycles. The Hall–Kier alpha value is -2.11. The number of imidazole rings is 1. The van der Waals surface area contributed by atoms with Crippen molar-refractivity contribution in [1.29, 1.82) is 0 Å².